The van der Waals surface area contributed by atoms with E-state index in [9.17, 15) is 18.0 Å². The third-order valence-corrected chi connectivity index (χ3v) is 6.63. The van der Waals surface area contributed by atoms with Crippen LogP contribution < -0.4 is 10.1 Å². The molecule has 3 aromatic rings. The lowest BCUT2D eigenvalue weighted by atomic mass is 10.1. The van der Waals surface area contributed by atoms with Crippen molar-refractivity contribution in [3.63, 3.8) is 0 Å². The number of nitrogens with zero attached hydrogens (tertiary/aromatic N) is 4. The molecule has 198 valence electrons. The van der Waals surface area contributed by atoms with Crippen molar-refractivity contribution in [2.75, 3.05) is 33.4 Å². The molecule has 1 aromatic carbocycles. The van der Waals surface area contributed by atoms with E-state index < -0.39 is 29.6 Å². The summed E-state index contributed by atoms with van der Waals surface area (Å²) >= 11 is 1.26. The van der Waals surface area contributed by atoms with Crippen LogP contribution in [0.5, 0.6) is 5.75 Å². The van der Waals surface area contributed by atoms with Crippen LogP contribution in [0.2, 0.25) is 0 Å². The first-order chi connectivity index (χ1) is 17.5. The summed E-state index contributed by atoms with van der Waals surface area (Å²) in [6.07, 6.45) is -3.22. The molecule has 1 saturated heterocycles. The predicted octanol–water partition coefficient (Wildman–Crippen LogP) is 4.27. The molecule has 37 heavy (non-hydrogen) atoms. The van der Waals surface area contributed by atoms with Crippen molar-refractivity contribution in [1.29, 1.82) is 0 Å². The van der Waals surface area contributed by atoms with Gasteiger partial charge in [0.25, 0.3) is 5.91 Å². The van der Waals surface area contributed by atoms with Gasteiger partial charge in [-0.1, -0.05) is 0 Å². The lowest BCUT2D eigenvalue weighted by molar-refractivity contribution is -0.141. The first kappa shape index (κ1) is 26.9. The predicted molar refractivity (Wildman–Crippen MR) is 128 cm³/mol. The lowest BCUT2D eigenvalue weighted by Gasteiger charge is -2.29. The third-order valence-electron chi connectivity index (χ3n) is 5.69. The van der Waals surface area contributed by atoms with Gasteiger partial charge in [-0.3, -0.25) is 4.79 Å². The van der Waals surface area contributed by atoms with Gasteiger partial charge in [0, 0.05) is 24.2 Å². The number of hydrogen-bond donors (Lipinski definition) is 1. The average molecular weight is 540 g/mol. The second kappa shape index (κ2) is 11.1. The van der Waals surface area contributed by atoms with E-state index >= 15 is 4.39 Å². The van der Waals surface area contributed by atoms with Gasteiger partial charge in [0.15, 0.2) is 5.69 Å². The summed E-state index contributed by atoms with van der Waals surface area (Å²) in [5.74, 6) is -1.33. The van der Waals surface area contributed by atoms with Crippen LogP contribution in [0.1, 0.15) is 39.6 Å². The van der Waals surface area contributed by atoms with Gasteiger partial charge in [0.2, 0.25) is 0 Å². The number of likely N-dealkylation sites (N-methyl/N-ethyl adjacent to an activating group) is 1. The van der Waals surface area contributed by atoms with Gasteiger partial charge in [0.05, 0.1) is 29.5 Å². The molecule has 0 radical (unpaired) electrons. The Balaban J connectivity index is 1.57. The lowest BCUT2D eigenvalue weighted by Crippen LogP contribution is -2.42. The highest BCUT2D eigenvalue weighted by molar-refractivity contribution is 7.14. The number of aromatic nitrogens is 3. The van der Waals surface area contributed by atoms with Crippen LogP contribution in [-0.4, -0.2) is 65.4 Å². The van der Waals surface area contributed by atoms with Crippen molar-refractivity contribution in [2.24, 2.45) is 0 Å². The molecule has 1 aliphatic rings. The minimum Gasteiger partial charge on any atom is -0.491 e. The number of hydrogen-bond acceptors (Lipinski definition) is 8. The van der Waals surface area contributed by atoms with Crippen molar-refractivity contribution in [3.8, 4) is 16.3 Å². The summed E-state index contributed by atoms with van der Waals surface area (Å²) in [4.78, 5) is 20.3. The highest BCUT2D eigenvalue weighted by Gasteiger charge is 2.33. The number of benzene rings is 1. The highest BCUT2D eigenvalue weighted by Crippen LogP contribution is 2.33. The van der Waals surface area contributed by atoms with E-state index in [1.807, 2.05) is 14.0 Å². The van der Waals surface area contributed by atoms with Gasteiger partial charge in [0.1, 0.15) is 29.3 Å². The monoisotopic (exact) mass is 539 g/mol. The fraction of sp³-hybridized carbons (Fsp3) is 0.417. The van der Waals surface area contributed by atoms with Crippen molar-refractivity contribution in [1.82, 2.24) is 25.4 Å². The Morgan fingerprint density at radius 1 is 1.32 bits per heavy atom. The van der Waals surface area contributed by atoms with Crippen molar-refractivity contribution in [3.05, 3.63) is 58.1 Å². The molecule has 0 saturated carbocycles. The topological polar surface area (TPSA) is 89.5 Å². The van der Waals surface area contributed by atoms with Gasteiger partial charge in [-0.25, -0.2) is 9.37 Å². The van der Waals surface area contributed by atoms with Crippen molar-refractivity contribution < 1.29 is 31.8 Å². The highest BCUT2D eigenvalue weighted by atomic mass is 32.1. The number of amides is 1. The summed E-state index contributed by atoms with van der Waals surface area (Å²) in [7, 11) is 1.97. The van der Waals surface area contributed by atoms with E-state index in [2.05, 4.69) is 25.4 Å². The zero-order valence-electron chi connectivity index (χ0n) is 20.3. The Morgan fingerprint density at radius 3 is 2.73 bits per heavy atom. The maximum absolute atomic E-state index is 15.5. The number of thiazole rings is 1. The molecule has 1 aliphatic heterocycles. The molecule has 1 fully saturated rings. The molecule has 1 unspecified atom stereocenters. The molecule has 2 aromatic heterocycles. The van der Waals surface area contributed by atoms with Crippen molar-refractivity contribution >= 4 is 17.2 Å². The third kappa shape index (κ3) is 6.59. The SMILES string of the molecule is Cc1cnc(-c2cc(OCC3CN(C)CCO3)cc(C(=O)N[C@H](C)c3ccc(C(F)(F)F)nn3)c2F)s1. The summed E-state index contributed by atoms with van der Waals surface area (Å²) in [5, 5.41) is 9.67. The molecule has 0 aliphatic carbocycles. The summed E-state index contributed by atoms with van der Waals surface area (Å²) < 4.78 is 65.5. The quantitative estimate of drug-likeness (QED) is 0.449. The van der Waals surface area contributed by atoms with Gasteiger partial charge < -0.3 is 19.7 Å². The molecular formula is C24H25F4N5O3S. The van der Waals surface area contributed by atoms with Crippen LogP contribution in [0.3, 0.4) is 0 Å². The fourth-order valence-corrected chi connectivity index (χ4v) is 4.49. The number of alkyl halides is 3. The van der Waals surface area contributed by atoms with Crippen LogP contribution in [-0.2, 0) is 10.9 Å². The van der Waals surface area contributed by atoms with E-state index in [1.54, 1.807) is 6.20 Å². The number of morpholine rings is 1. The molecule has 0 spiro atoms. The van der Waals surface area contributed by atoms with Crippen molar-refractivity contribution in [2.45, 2.75) is 32.2 Å². The van der Waals surface area contributed by atoms with Crippen LogP contribution >= 0.6 is 11.3 Å². The number of nitrogens with one attached hydrogen (secondary N) is 1. The number of ether oxygens (including phenoxy) is 2. The Bertz CT molecular complexity index is 1250. The average Bonchev–Trinajstić information content (AvgIpc) is 3.28. The first-order valence-electron chi connectivity index (χ1n) is 11.4. The minimum absolute atomic E-state index is 0.0866. The second-order valence-electron chi connectivity index (χ2n) is 8.71. The molecule has 3 heterocycles. The molecule has 2 atom stereocenters. The normalized spacial score (nSPS) is 17.4. The van der Waals surface area contributed by atoms with Crippen LogP contribution in [0.15, 0.2) is 30.5 Å². The number of carbonyl (C=O) groups is 1. The number of aryl methyl sites for hydroxylation is 1. The van der Waals surface area contributed by atoms with Gasteiger partial charge >= 0.3 is 6.18 Å². The fourth-order valence-electron chi connectivity index (χ4n) is 3.71. The van der Waals surface area contributed by atoms with Gasteiger partial charge in [-0.15, -0.1) is 16.4 Å². The van der Waals surface area contributed by atoms with Gasteiger partial charge in [-0.05, 0) is 45.2 Å². The number of halogens is 4. The molecule has 8 nitrogen and oxygen atoms in total. The molecule has 0 bridgehead atoms. The van der Waals surface area contributed by atoms with E-state index in [1.165, 1.54) is 30.4 Å². The Morgan fingerprint density at radius 2 is 2.11 bits per heavy atom. The molecule has 13 heteroatoms. The van der Waals surface area contributed by atoms with E-state index in [0.717, 1.165) is 23.6 Å². The first-order valence-corrected chi connectivity index (χ1v) is 12.2. The van der Waals surface area contributed by atoms with Crippen LogP contribution in [0, 0.1) is 12.7 Å². The summed E-state index contributed by atoms with van der Waals surface area (Å²) in [6, 6.07) is 3.81. The van der Waals surface area contributed by atoms with Gasteiger partial charge in [-0.2, -0.15) is 18.3 Å². The molecular weight excluding hydrogens is 514 g/mol. The second-order valence-corrected chi connectivity index (χ2v) is 9.95. The Kier molecular flexibility index (Phi) is 8.05. The number of rotatable bonds is 7. The maximum Gasteiger partial charge on any atom is 0.435 e. The molecule has 1 N–H and O–H groups in total. The van der Waals surface area contributed by atoms with E-state index in [4.69, 9.17) is 9.47 Å². The van der Waals surface area contributed by atoms with Crippen LogP contribution in [0.4, 0.5) is 17.6 Å². The molecule has 4 rings (SSSR count). The minimum atomic E-state index is -4.63. The molecule has 1 amide bonds. The van der Waals surface area contributed by atoms with Crippen LogP contribution in [0.25, 0.3) is 10.6 Å². The number of carbonyl (C=O) groups excluding carboxylic acids is 1. The summed E-state index contributed by atoms with van der Waals surface area (Å²) in [5.41, 5.74) is -1.26. The Labute approximate surface area is 214 Å². The standard InChI is InChI=1S/C24H25F4N5O3S/c1-13-10-29-23(37-13)18-9-15(36-12-16-11-33(3)6-7-35-16)8-17(21(18)25)22(34)30-14(2)19-4-5-20(32-31-19)24(26,27)28/h4-5,8-10,14,16H,6-7,11-12H2,1-3H3,(H,30,34)/t14-,16?/m1/s1. The maximum atomic E-state index is 15.5. The Hall–Kier alpha value is -3.16. The smallest absolute Gasteiger partial charge is 0.435 e. The summed E-state index contributed by atoms with van der Waals surface area (Å²) in [6.45, 7) is 5.58. The van der Waals surface area contributed by atoms with E-state index in [0.29, 0.717) is 18.2 Å². The zero-order chi connectivity index (χ0) is 26.7. The largest absolute Gasteiger partial charge is 0.491 e. The van der Waals surface area contributed by atoms with E-state index in [-0.39, 0.29) is 35.3 Å². The zero-order valence-corrected chi connectivity index (χ0v) is 21.1.